The molecule has 5 nitrogen and oxygen atoms in total. The van der Waals surface area contributed by atoms with Gasteiger partial charge >= 0.3 is 12.0 Å². The number of benzene rings is 1. The molecule has 21 heavy (non-hydrogen) atoms. The fraction of sp³-hybridized carbons (Fsp3) is 0.429. The second-order valence-corrected chi connectivity index (χ2v) is 5.66. The Morgan fingerprint density at radius 1 is 1.29 bits per heavy atom. The average Bonchev–Trinajstić information content (AvgIpc) is 2.37. The van der Waals surface area contributed by atoms with Crippen LogP contribution >= 0.6 is 23.2 Å². The largest absolute Gasteiger partial charge is 0.481 e. The van der Waals surface area contributed by atoms with E-state index in [1.54, 1.807) is 32.0 Å². The summed E-state index contributed by atoms with van der Waals surface area (Å²) < 4.78 is 0. The van der Waals surface area contributed by atoms with Gasteiger partial charge in [-0.25, -0.2) is 4.79 Å². The van der Waals surface area contributed by atoms with E-state index in [-0.39, 0.29) is 12.1 Å². The van der Waals surface area contributed by atoms with Crippen molar-refractivity contribution in [2.75, 3.05) is 6.54 Å². The molecule has 2 unspecified atom stereocenters. The van der Waals surface area contributed by atoms with Crippen molar-refractivity contribution in [2.45, 2.75) is 26.3 Å². The molecular formula is C14H18Cl2N2O3. The molecule has 0 aromatic heterocycles. The molecule has 2 amide bonds. The number of halogens is 2. The Bertz CT molecular complexity index is 523. The highest BCUT2D eigenvalue weighted by Gasteiger charge is 2.14. The third kappa shape index (κ3) is 5.81. The van der Waals surface area contributed by atoms with Gasteiger partial charge in [0, 0.05) is 16.6 Å². The minimum absolute atomic E-state index is 0.285. The molecule has 0 aliphatic heterocycles. The number of aliphatic carboxylic acids is 1. The van der Waals surface area contributed by atoms with Crippen molar-refractivity contribution in [3.63, 3.8) is 0 Å². The van der Waals surface area contributed by atoms with Gasteiger partial charge in [0.2, 0.25) is 0 Å². The fourth-order valence-corrected chi connectivity index (χ4v) is 2.28. The molecule has 7 heteroatoms. The zero-order valence-corrected chi connectivity index (χ0v) is 13.3. The molecule has 1 rings (SSSR count). The van der Waals surface area contributed by atoms with Crippen molar-refractivity contribution in [1.29, 1.82) is 0 Å². The third-order valence-corrected chi connectivity index (χ3v) is 3.62. The maximum atomic E-state index is 11.7. The summed E-state index contributed by atoms with van der Waals surface area (Å²) in [5, 5.41) is 15.1. The number of rotatable bonds is 6. The van der Waals surface area contributed by atoms with Gasteiger partial charge in [-0.15, -0.1) is 0 Å². The number of carbonyl (C=O) groups excluding carboxylic acids is 1. The van der Waals surface area contributed by atoms with Crippen LogP contribution in [0.4, 0.5) is 4.79 Å². The zero-order chi connectivity index (χ0) is 16.0. The lowest BCUT2D eigenvalue weighted by atomic mass is 10.1. The molecule has 116 valence electrons. The Hall–Kier alpha value is -1.46. The Morgan fingerprint density at radius 3 is 2.52 bits per heavy atom. The summed E-state index contributed by atoms with van der Waals surface area (Å²) in [7, 11) is 0. The summed E-state index contributed by atoms with van der Waals surface area (Å²) in [6, 6.07) is 4.41. The van der Waals surface area contributed by atoms with E-state index in [0.29, 0.717) is 23.0 Å². The van der Waals surface area contributed by atoms with Gasteiger partial charge < -0.3 is 15.7 Å². The van der Waals surface area contributed by atoms with Crippen LogP contribution in [0.3, 0.4) is 0 Å². The van der Waals surface area contributed by atoms with Gasteiger partial charge in [0.05, 0.1) is 12.0 Å². The Labute approximate surface area is 133 Å². The van der Waals surface area contributed by atoms with E-state index in [9.17, 15) is 9.59 Å². The molecular weight excluding hydrogens is 315 g/mol. The number of carbonyl (C=O) groups is 2. The highest BCUT2D eigenvalue weighted by atomic mass is 35.5. The molecule has 0 saturated heterocycles. The summed E-state index contributed by atoms with van der Waals surface area (Å²) >= 11 is 11.9. The first-order chi connectivity index (χ1) is 9.81. The van der Waals surface area contributed by atoms with E-state index in [1.807, 2.05) is 0 Å². The second-order valence-electron chi connectivity index (χ2n) is 4.82. The minimum atomic E-state index is -0.876. The van der Waals surface area contributed by atoms with Gasteiger partial charge in [-0.2, -0.15) is 0 Å². The summed E-state index contributed by atoms with van der Waals surface area (Å²) in [5.41, 5.74) is 0.759. The van der Waals surface area contributed by atoms with Crippen LogP contribution in [0.25, 0.3) is 0 Å². The quantitative estimate of drug-likeness (QED) is 0.746. The highest BCUT2D eigenvalue weighted by molar-refractivity contribution is 6.35. The molecule has 0 spiro atoms. The average molecular weight is 333 g/mol. The first kappa shape index (κ1) is 17.6. The lowest BCUT2D eigenvalue weighted by Gasteiger charge is -2.17. The van der Waals surface area contributed by atoms with E-state index in [4.69, 9.17) is 28.3 Å². The zero-order valence-electron chi connectivity index (χ0n) is 11.8. The molecule has 0 heterocycles. The Balaban J connectivity index is 2.45. The predicted octanol–water partition coefficient (Wildman–Crippen LogP) is 3.46. The second kappa shape index (κ2) is 8.10. The van der Waals surface area contributed by atoms with Gasteiger partial charge in [0.1, 0.15) is 0 Å². The fourth-order valence-electron chi connectivity index (χ4n) is 1.70. The van der Waals surface area contributed by atoms with E-state index < -0.39 is 11.9 Å². The monoisotopic (exact) mass is 332 g/mol. The Kier molecular flexibility index (Phi) is 6.78. The smallest absolute Gasteiger partial charge is 0.315 e. The third-order valence-electron chi connectivity index (χ3n) is 3.06. The first-order valence-corrected chi connectivity index (χ1v) is 7.29. The molecule has 1 aromatic rings. The van der Waals surface area contributed by atoms with Crippen LogP contribution in [0.5, 0.6) is 0 Å². The summed E-state index contributed by atoms with van der Waals surface area (Å²) in [6.07, 6.45) is 0.374. The predicted molar refractivity (Wildman–Crippen MR) is 82.8 cm³/mol. The van der Waals surface area contributed by atoms with Gasteiger partial charge in [0.15, 0.2) is 0 Å². The number of amides is 2. The molecule has 0 aliphatic rings. The van der Waals surface area contributed by atoms with Crippen molar-refractivity contribution in [1.82, 2.24) is 10.6 Å². The number of nitrogens with one attached hydrogen (secondary N) is 2. The lowest BCUT2D eigenvalue weighted by Crippen LogP contribution is -2.38. The topological polar surface area (TPSA) is 78.4 Å². The highest BCUT2D eigenvalue weighted by Crippen LogP contribution is 2.25. The SMILES string of the molecule is CC(CCNC(=O)NC(C)c1ccc(Cl)cc1Cl)C(=O)O. The van der Waals surface area contributed by atoms with Crippen LogP contribution in [0.15, 0.2) is 18.2 Å². The normalized spacial score (nSPS) is 13.3. The van der Waals surface area contributed by atoms with Gasteiger partial charge in [-0.3, -0.25) is 4.79 Å². The minimum Gasteiger partial charge on any atom is -0.481 e. The molecule has 0 aliphatic carbocycles. The van der Waals surface area contributed by atoms with Gasteiger partial charge in [-0.1, -0.05) is 36.2 Å². The van der Waals surface area contributed by atoms with E-state index in [2.05, 4.69) is 10.6 Å². The molecule has 0 bridgehead atoms. The summed E-state index contributed by atoms with van der Waals surface area (Å²) in [6.45, 7) is 3.69. The summed E-state index contributed by atoms with van der Waals surface area (Å²) in [5.74, 6) is -1.37. The molecule has 2 atom stereocenters. The standard InChI is InChI=1S/C14H18Cl2N2O3/c1-8(13(19)20)5-6-17-14(21)18-9(2)11-4-3-10(15)7-12(11)16/h3-4,7-9H,5-6H2,1-2H3,(H,19,20)(H2,17,18,21). The van der Waals surface area contributed by atoms with Crippen LogP contribution in [-0.2, 0) is 4.79 Å². The van der Waals surface area contributed by atoms with Crippen molar-refractivity contribution in [2.24, 2.45) is 5.92 Å². The van der Waals surface area contributed by atoms with Crippen LogP contribution in [-0.4, -0.2) is 23.7 Å². The van der Waals surface area contributed by atoms with E-state index in [0.717, 1.165) is 5.56 Å². The summed E-state index contributed by atoms with van der Waals surface area (Å²) in [4.78, 5) is 22.4. The van der Waals surface area contributed by atoms with Crippen molar-refractivity contribution >= 4 is 35.2 Å². The van der Waals surface area contributed by atoms with Gasteiger partial charge in [0.25, 0.3) is 0 Å². The number of carboxylic acid groups (broad SMARTS) is 1. The van der Waals surface area contributed by atoms with Crippen molar-refractivity contribution in [3.8, 4) is 0 Å². The number of hydrogen-bond acceptors (Lipinski definition) is 2. The molecule has 0 fully saturated rings. The first-order valence-electron chi connectivity index (χ1n) is 6.53. The maximum absolute atomic E-state index is 11.7. The van der Waals surface area contributed by atoms with Crippen LogP contribution < -0.4 is 10.6 Å². The van der Waals surface area contributed by atoms with Crippen molar-refractivity contribution < 1.29 is 14.7 Å². The number of hydrogen-bond donors (Lipinski definition) is 3. The molecule has 3 N–H and O–H groups in total. The molecule has 0 saturated carbocycles. The van der Waals surface area contributed by atoms with Crippen LogP contribution in [0.2, 0.25) is 10.0 Å². The molecule has 0 radical (unpaired) electrons. The van der Waals surface area contributed by atoms with E-state index >= 15 is 0 Å². The number of carboxylic acids is 1. The molecule has 1 aromatic carbocycles. The van der Waals surface area contributed by atoms with E-state index in [1.165, 1.54) is 0 Å². The lowest BCUT2D eigenvalue weighted by molar-refractivity contribution is -0.141. The Morgan fingerprint density at radius 2 is 1.95 bits per heavy atom. The van der Waals surface area contributed by atoms with Crippen molar-refractivity contribution in [3.05, 3.63) is 33.8 Å². The van der Waals surface area contributed by atoms with Gasteiger partial charge in [-0.05, 0) is 31.0 Å². The number of urea groups is 1. The van der Waals surface area contributed by atoms with Crippen LogP contribution in [0.1, 0.15) is 31.9 Å². The van der Waals surface area contributed by atoms with Crippen LogP contribution in [0, 0.1) is 5.92 Å². The maximum Gasteiger partial charge on any atom is 0.315 e.